The van der Waals surface area contributed by atoms with Crippen molar-refractivity contribution in [1.29, 1.82) is 0 Å². The Labute approximate surface area is 242 Å². The molecule has 1 unspecified atom stereocenters. The molecule has 9 heteroatoms. The zero-order chi connectivity index (χ0) is 27.5. The summed E-state index contributed by atoms with van der Waals surface area (Å²) in [4.78, 5) is 45.1. The molecule has 3 aromatic rings. The molecule has 7 nitrogen and oxygen atoms in total. The fourth-order valence-electron chi connectivity index (χ4n) is 5.54. The van der Waals surface area contributed by atoms with Crippen LogP contribution in [0.3, 0.4) is 0 Å². The number of thiophene rings is 1. The van der Waals surface area contributed by atoms with Gasteiger partial charge < -0.3 is 15.0 Å². The molecule has 2 atom stereocenters. The van der Waals surface area contributed by atoms with E-state index in [0.29, 0.717) is 11.4 Å². The SMILES string of the molecule is O=C(Cc1cccs1)NC1C(=O)N2C(C(=O)OC(c3ccccc3)c3ccccc3)=C(N3CCCCC3)CS[C@H]12. The maximum absolute atomic E-state index is 14.1. The van der Waals surface area contributed by atoms with Crippen LogP contribution in [0.15, 0.2) is 89.6 Å². The summed E-state index contributed by atoms with van der Waals surface area (Å²) in [6.45, 7) is 1.70. The fourth-order valence-corrected chi connectivity index (χ4v) is 7.63. The van der Waals surface area contributed by atoms with E-state index in [9.17, 15) is 14.4 Å². The van der Waals surface area contributed by atoms with Gasteiger partial charge in [0.05, 0.1) is 12.1 Å². The van der Waals surface area contributed by atoms with Gasteiger partial charge in [-0.25, -0.2) is 4.79 Å². The molecule has 0 spiro atoms. The highest BCUT2D eigenvalue weighted by Gasteiger charge is 2.55. The smallest absolute Gasteiger partial charge is 0.357 e. The molecule has 2 aromatic carbocycles. The molecule has 0 aliphatic carbocycles. The van der Waals surface area contributed by atoms with E-state index < -0.39 is 18.1 Å². The summed E-state index contributed by atoms with van der Waals surface area (Å²) in [7, 11) is 0. The average Bonchev–Trinajstić information content (AvgIpc) is 3.52. The molecular weight excluding hydrogens is 542 g/mol. The maximum Gasteiger partial charge on any atom is 0.357 e. The van der Waals surface area contributed by atoms with Crippen molar-refractivity contribution in [1.82, 2.24) is 15.1 Å². The molecule has 3 aliphatic rings. The summed E-state index contributed by atoms with van der Waals surface area (Å²) in [6, 6.07) is 22.5. The Hall–Kier alpha value is -3.56. The molecule has 3 aliphatic heterocycles. The number of rotatable bonds is 8. The predicted octanol–water partition coefficient (Wildman–Crippen LogP) is 4.72. The van der Waals surface area contributed by atoms with Crippen LogP contribution < -0.4 is 5.32 Å². The van der Waals surface area contributed by atoms with Crippen molar-refractivity contribution in [3.8, 4) is 0 Å². The number of thioether (sulfide) groups is 1. The van der Waals surface area contributed by atoms with Gasteiger partial charge in [-0.2, -0.15) is 0 Å². The number of likely N-dealkylation sites (tertiary alicyclic amines) is 1. The van der Waals surface area contributed by atoms with E-state index in [2.05, 4.69) is 10.2 Å². The summed E-state index contributed by atoms with van der Waals surface area (Å²) in [5, 5.41) is 4.50. The number of piperidine rings is 1. The molecule has 6 rings (SSSR count). The highest BCUT2D eigenvalue weighted by Crippen LogP contribution is 2.43. The Balaban J connectivity index is 1.28. The Kier molecular flexibility index (Phi) is 7.93. The zero-order valence-corrected chi connectivity index (χ0v) is 23.7. The number of nitrogens with zero attached hydrogens (tertiary/aromatic N) is 2. The first-order valence-corrected chi connectivity index (χ1v) is 15.6. The average molecular weight is 574 g/mol. The summed E-state index contributed by atoms with van der Waals surface area (Å²) >= 11 is 3.11. The standard InChI is InChI=1S/C31H31N3O4S2/c35-25(19-23-15-10-18-39-23)32-26-29(36)34-27(24(20-40-30(26)34)33-16-8-3-9-17-33)31(37)38-28(21-11-4-1-5-12-21)22-13-6-2-7-14-22/h1-2,4-7,10-15,18,26,28,30H,3,8-9,16-17,19-20H2,(H,32,35)/t26?,30-/m1/s1. The second-order valence-electron chi connectivity index (χ2n) is 10.2. The second kappa shape index (κ2) is 11.9. The van der Waals surface area contributed by atoms with E-state index in [1.807, 2.05) is 78.2 Å². The van der Waals surface area contributed by atoms with E-state index >= 15 is 0 Å². The molecule has 0 saturated carbocycles. The number of hydrogen-bond donors (Lipinski definition) is 1. The largest absolute Gasteiger partial charge is 0.448 e. The molecule has 40 heavy (non-hydrogen) atoms. The molecule has 1 aromatic heterocycles. The molecular formula is C31H31N3O4S2. The predicted molar refractivity (Wildman–Crippen MR) is 156 cm³/mol. The van der Waals surface area contributed by atoms with Crippen molar-refractivity contribution in [3.05, 3.63) is 106 Å². The lowest BCUT2D eigenvalue weighted by Crippen LogP contribution is -2.71. The molecule has 2 fully saturated rings. The molecule has 1 N–H and O–H groups in total. The summed E-state index contributed by atoms with van der Waals surface area (Å²) < 4.78 is 6.26. The minimum absolute atomic E-state index is 0.191. The Morgan fingerprint density at radius 1 is 0.925 bits per heavy atom. The molecule has 2 amide bonds. The highest BCUT2D eigenvalue weighted by atomic mass is 32.2. The first kappa shape index (κ1) is 26.7. The van der Waals surface area contributed by atoms with Crippen molar-refractivity contribution in [2.75, 3.05) is 18.8 Å². The number of benzene rings is 2. The van der Waals surface area contributed by atoms with Crippen LogP contribution in [-0.4, -0.2) is 57.8 Å². The number of carbonyl (C=O) groups is 3. The van der Waals surface area contributed by atoms with Gasteiger partial charge in [-0.1, -0.05) is 66.7 Å². The summed E-state index contributed by atoms with van der Waals surface area (Å²) in [5.41, 5.74) is 2.88. The maximum atomic E-state index is 14.1. The highest BCUT2D eigenvalue weighted by molar-refractivity contribution is 8.00. The molecule has 4 heterocycles. The van der Waals surface area contributed by atoms with Gasteiger partial charge in [0.1, 0.15) is 11.4 Å². The molecule has 206 valence electrons. The van der Waals surface area contributed by atoms with Crippen molar-refractivity contribution in [3.63, 3.8) is 0 Å². The second-order valence-corrected chi connectivity index (χ2v) is 12.3. The van der Waals surface area contributed by atoms with Gasteiger partial charge in [0.25, 0.3) is 5.91 Å². The lowest BCUT2D eigenvalue weighted by molar-refractivity contribution is -0.155. The third-order valence-corrected chi connectivity index (χ3v) is 9.68. The number of nitrogens with one attached hydrogen (secondary N) is 1. The van der Waals surface area contributed by atoms with E-state index in [1.54, 1.807) is 16.7 Å². The van der Waals surface area contributed by atoms with Crippen LogP contribution in [0.4, 0.5) is 0 Å². The van der Waals surface area contributed by atoms with Crippen molar-refractivity contribution in [2.45, 2.75) is 43.2 Å². The topological polar surface area (TPSA) is 79.0 Å². The lowest BCUT2D eigenvalue weighted by atomic mass is 10.0. The van der Waals surface area contributed by atoms with E-state index in [0.717, 1.165) is 54.1 Å². The van der Waals surface area contributed by atoms with Gasteiger partial charge in [-0.3, -0.25) is 14.5 Å². The van der Waals surface area contributed by atoms with Crippen LogP contribution in [0.2, 0.25) is 0 Å². The molecule has 2 saturated heterocycles. The first-order chi connectivity index (χ1) is 19.6. The molecule has 0 radical (unpaired) electrons. The summed E-state index contributed by atoms with van der Waals surface area (Å²) in [6.07, 6.45) is 2.87. The number of fused-ring (bicyclic) bond motifs is 1. The number of carbonyl (C=O) groups excluding carboxylic acids is 3. The van der Waals surface area contributed by atoms with Crippen LogP contribution in [0.25, 0.3) is 0 Å². The quantitative estimate of drug-likeness (QED) is 0.310. The Bertz CT molecular complexity index is 1350. The van der Waals surface area contributed by atoms with Gasteiger partial charge in [0, 0.05) is 23.7 Å². The Morgan fingerprint density at radius 3 is 2.23 bits per heavy atom. The van der Waals surface area contributed by atoms with Crippen LogP contribution in [0.5, 0.6) is 0 Å². The van der Waals surface area contributed by atoms with Crippen LogP contribution in [-0.2, 0) is 25.5 Å². The van der Waals surface area contributed by atoms with Gasteiger partial charge >= 0.3 is 5.97 Å². The Morgan fingerprint density at radius 2 is 1.60 bits per heavy atom. The number of esters is 1. The number of amides is 2. The minimum Gasteiger partial charge on any atom is -0.448 e. The van der Waals surface area contributed by atoms with Crippen LogP contribution >= 0.6 is 23.1 Å². The lowest BCUT2D eigenvalue weighted by Gasteiger charge is -2.51. The number of β-lactam (4-membered cyclic amide) rings is 1. The monoisotopic (exact) mass is 573 g/mol. The third-order valence-electron chi connectivity index (χ3n) is 7.54. The number of hydrogen-bond acceptors (Lipinski definition) is 7. The van der Waals surface area contributed by atoms with Gasteiger partial charge in [-0.05, 0) is 41.8 Å². The molecule has 0 bridgehead atoms. The fraction of sp³-hybridized carbons (Fsp3) is 0.323. The van der Waals surface area contributed by atoms with Crippen molar-refractivity contribution < 1.29 is 19.1 Å². The van der Waals surface area contributed by atoms with E-state index in [1.165, 1.54) is 11.3 Å². The number of ether oxygens (including phenoxy) is 1. The first-order valence-electron chi connectivity index (χ1n) is 13.7. The van der Waals surface area contributed by atoms with Crippen LogP contribution in [0.1, 0.15) is 41.4 Å². The summed E-state index contributed by atoms with van der Waals surface area (Å²) in [5.74, 6) is -0.393. The normalized spacial score (nSPS) is 20.7. The third kappa shape index (κ3) is 5.40. The zero-order valence-electron chi connectivity index (χ0n) is 22.0. The van der Waals surface area contributed by atoms with E-state index in [4.69, 9.17) is 4.74 Å². The van der Waals surface area contributed by atoms with Gasteiger partial charge in [-0.15, -0.1) is 23.1 Å². The minimum atomic E-state index is -0.665. The van der Waals surface area contributed by atoms with Gasteiger partial charge in [0.15, 0.2) is 11.8 Å². The van der Waals surface area contributed by atoms with E-state index in [-0.39, 0.29) is 23.6 Å². The van der Waals surface area contributed by atoms with Crippen molar-refractivity contribution in [2.24, 2.45) is 0 Å². The van der Waals surface area contributed by atoms with Crippen LogP contribution in [0, 0.1) is 0 Å². The van der Waals surface area contributed by atoms with Gasteiger partial charge in [0.2, 0.25) is 5.91 Å². The van der Waals surface area contributed by atoms with Crippen molar-refractivity contribution >= 4 is 40.9 Å².